The minimum absolute atomic E-state index is 0.381. The van der Waals surface area contributed by atoms with Gasteiger partial charge in [-0.05, 0) is 48.7 Å². The highest BCUT2D eigenvalue weighted by atomic mass is 35.5. The molecule has 0 amide bonds. The monoisotopic (exact) mass is 446 g/mol. The lowest BCUT2D eigenvalue weighted by molar-refractivity contribution is -0.105. The van der Waals surface area contributed by atoms with Gasteiger partial charge in [-0.15, -0.1) is 11.8 Å². The highest BCUT2D eigenvalue weighted by Crippen LogP contribution is 2.34. The van der Waals surface area contributed by atoms with E-state index in [2.05, 4.69) is 4.90 Å². The maximum absolute atomic E-state index is 14.5. The molecule has 8 heteroatoms. The van der Waals surface area contributed by atoms with Crippen molar-refractivity contribution < 1.29 is 17.6 Å². The van der Waals surface area contributed by atoms with Crippen LogP contribution in [-0.2, 0) is 6.42 Å². The van der Waals surface area contributed by atoms with Gasteiger partial charge >= 0.3 is 6.18 Å². The maximum Gasteiger partial charge on any atom is 0.398 e. The van der Waals surface area contributed by atoms with E-state index in [1.54, 1.807) is 13.0 Å². The molecule has 1 heterocycles. The zero-order valence-electron chi connectivity index (χ0n) is 16.1. The molecule has 158 valence electrons. The van der Waals surface area contributed by atoms with Gasteiger partial charge < -0.3 is 4.90 Å². The lowest BCUT2D eigenvalue weighted by Gasteiger charge is -2.36. The zero-order valence-corrected chi connectivity index (χ0v) is 17.7. The second kappa shape index (κ2) is 9.58. The average molecular weight is 447 g/mol. The van der Waals surface area contributed by atoms with E-state index in [0.717, 1.165) is 31.1 Å². The van der Waals surface area contributed by atoms with Crippen molar-refractivity contribution in [2.75, 3.05) is 43.4 Å². The SMILES string of the molecule is Cc1cc(F)c(N2CCN(CCc3ccc(Cl)cc3)CC2)cc1SCC(F)(F)F. The number of thioether (sulfide) groups is 1. The van der Waals surface area contributed by atoms with Crippen LogP contribution < -0.4 is 4.90 Å². The summed E-state index contributed by atoms with van der Waals surface area (Å²) in [5, 5.41) is 0.718. The van der Waals surface area contributed by atoms with Crippen molar-refractivity contribution in [3.8, 4) is 0 Å². The van der Waals surface area contributed by atoms with Crippen LogP contribution >= 0.6 is 23.4 Å². The van der Waals surface area contributed by atoms with Gasteiger partial charge in [-0.25, -0.2) is 4.39 Å². The van der Waals surface area contributed by atoms with Crippen LogP contribution in [0.3, 0.4) is 0 Å². The Bertz CT molecular complexity index is 819. The molecule has 1 saturated heterocycles. The highest BCUT2D eigenvalue weighted by molar-refractivity contribution is 7.99. The molecule has 0 N–H and O–H groups in total. The van der Waals surface area contributed by atoms with Gasteiger partial charge in [0.2, 0.25) is 0 Å². The number of nitrogens with zero attached hydrogens (tertiary/aromatic N) is 2. The van der Waals surface area contributed by atoms with Crippen molar-refractivity contribution in [2.45, 2.75) is 24.4 Å². The molecule has 0 radical (unpaired) electrons. The number of hydrogen-bond acceptors (Lipinski definition) is 3. The Kier molecular flexibility index (Phi) is 7.35. The first-order valence-corrected chi connectivity index (χ1v) is 10.8. The van der Waals surface area contributed by atoms with E-state index in [1.165, 1.54) is 11.6 Å². The Hall–Kier alpha value is -1.44. The van der Waals surface area contributed by atoms with E-state index in [9.17, 15) is 17.6 Å². The molecule has 29 heavy (non-hydrogen) atoms. The van der Waals surface area contributed by atoms with Gasteiger partial charge in [0.1, 0.15) is 5.82 Å². The first-order chi connectivity index (χ1) is 13.7. The molecule has 1 aliphatic rings. The van der Waals surface area contributed by atoms with Crippen LogP contribution in [0.4, 0.5) is 23.2 Å². The van der Waals surface area contributed by atoms with Crippen LogP contribution in [0.1, 0.15) is 11.1 Å². The Morgan fingerprint density at radius 3 is 2.31 bits per heavy atom. The summed E-state index contributed by atoms with van der Waals surface area (Å²) in [5.41, 5.74) is 2.13. The van der Waals surface area contributed by atoms with Crippen LogP contribution in [0, 0.1) is 12.7 Å². The predicted octanol–water partition coefficient (Wildman–Crippen LogP) is 5.81. The van der Waals surface area contributed by atoms with Gasteiger partial charge in [0, 0.05) is 42.6 Å². The molecule has 3 rings (SSSR count). The first kappa shape index (κ1) is 22.2. The second-order valence-corrected chi connectivity index (χ2v) is 8.63. The fourth-order valence-corrected chi connectivity index (χ4v) is 4.28. The van der Waals surface area contributed by atoms with E-state index in [1.807, 2.05) is 29.2 Å². The summed E-state index contributed by atoms with van der Waals surface area (Å²) in [5.74, 6) is -1.36. The summed E-state index contributed by atoms with van der Waals surface area (Å²) in [6.45, 7) is 5.39. The molecule has 0 bridgehead atoms. The number of halogens is 5. The van der Waals surface area contributed by atoms with Gasteiger partial charge in [-0.3, -0.25) is 4.90 Å². The Balaban J connectivity index is 1.57. The first-order valence-electron chi connectivity index (χ1n) is 9.43. The van der Waals surface area contributed by atoms with Crippen molar-refractivity contribution in [2.24, 2.45) is 0 Å². The lowest BCUT2D eigenvalue weighted by atomic mass is 10.1. The number of anilines is 1. The van der Waals surface area contributed by atoms with Gasteiger partial charge in [-0.1, -0.05) is 23.7 Å². The standard InChI is InChI=1S/C21H23ClF4N2S/c1-15-12-18(23)19(13-20(15)29-14-21(24,25)26)28-10-8-27(9-11-28)7-6-16-2-4-17(22)5-3-16/h2-5,12-13H,6-11,14H2,1H3. The van der Waals surface area contributed by atoms with Crippen molar-refractivity contribution in [1.82, 2.24) is 4.90 Å². The molecular weight excluding hydrogens is 424 g/mol. The van der Waals surface area contributed by atoms with Crippen molar-refractivity contribution in [1.29, 1.82) is 0 Å². The third-order valence-electron chi connectivity index (χ3n) is 4.98. The molecule has 2 aromatic rings. The van der Waals surface area contributed by atoms with Crippen LogP contribution in [-0.4, -0.2) is 49.6 Å². The number of hydrogen-bond donors (Lipinski definition) is 0. The topological polar surface area (TPSA) is 6.48 Å². The minimum Gasteiger partial charge on any atom is -0.367 e. The van der Waals surface area contributed by atoms with E-state index in [0.29, 0.717) is 41.0 Å². The van der Waals surface area contributed by atoms with E-state index in [4.69, 9.17) is 11.6 Å². The predicted molar refractivity (Wildman–Crippen MR) is 112 cm³/mol. The molecule has 2 aromatic carbocycles. The summed E-state index contributed by atoms with van der Waals surface area (Å²) in [6, 6.07) is 10.7. The zero-order chi connectivity index (χ0) is 21.0. The van der Waals surface area contributed by atoms with Crippen LogP contribution in [0.2, 0.25) is 5.02 Å². The molecule has 0 aliphatic carbocycles. The molecular formula is C21H23ClF4N2S. The van der Waals surface area contributed by atoms with Crippen molar-refractivity contribution in [3.05, 3.63) is 58.4 Å². The summed E-state index contributed by atoms with van der Waals surface area (Å²) in [6.07, 6.45) is -3.34. The van der Waals surface area contributed by atoms with Crippen LogP contribution in [0.15, 0.2) is 41.3 Å². The normalized spacial score (nSPS) is 15.7. The summed E-state index contributed by atoms with van der Waals surface area (Å²) in [7, 11) is 0. The van der Waals surface area contributed by atoms with Crippen LogP contribution in [0.5, 0.6) is 0 Å². The summed E-state index contributed by atoms with van der Waals surface area (Å²) in [4.78, 5) is 4.71. The minimum atomic E-state index is -4.25. The Morgan fingerprint density at radius 1 is 1.03 bits per heavy atom. The van der Waals surface area contributed by atoms with Crippen molar-refractivity contribution >= 4 is 29.1 Å². The van der Waals surface area contributed by atoms with E-state index in [-0.39, 0.29) is 5.82 Å². The molecule has 0 saturated carbocycles. The largest absolute Gasteiger partial charge is 0.398 e. The van der Waals surface area contributed by atoms with Gasteiger partial charge in [-0.2, -0.15) is 13.2 Å². The molecule has 1 aliphatic heterocycles. The third kappa shape index (κ3) is 6.52. The molecule has 1 fully saturated rings. The fourth-order valence-electron chi connectivity index (χ4n) is 3.35. The average Bonchev–Trinajstić information content (AvgIpc) is 2.67. The number of aryl methyl sites for hydroxylation is 1. The van der Waals surface area contributed by atoms with E-state index >= 15 is 0 Å². The quantitative estimate of drug-likeness (QED) is 0.408. The highest BCUT2D eigenvalue weighted by Gasteiger charge is 2.28. The second-order valence-electron chi connectivity index (χ2n) is 7.18. The van der Waals surface area contributed by atoms with Crippen LogP contribution in [0.25, 0.3) is 0 Å². The Labute approximate surface area is 177 Å². The van der Waals surface area contributed by atoms with Gasteiger partial charge in [0.15, 0.2) is 0 Å². The number of alkyl halides is 3. The fraction of sp³-hybridized carbons (Fsp3) is 0.429. The summed E-state index contributed by atoms with van der Waals surface area (Å²) >= 11 is 6.62. The molecule has 0 unspecified atom stereocenters. The third-order valence-corrected chi connectivity index (χ3v) is 6.45. The number of benzene rings is 2. The maximum atomic E-state index is 14.5. The molecule has 0 aromatic heterocycles. The molecule has 0 atom stereocenters. The van der Waals surface area contributed by atoms with E-state index < -0.39 is 11.9 Å². The number of rotatable bonds is 6. The Morgan fingerprint density at radius 2 is 1.69 bits per heavy atom. The smallest absolute Gasteiger partial charge is 0.367 e. The lowest BCUT2D eigenvalue weighted by Crippen LogP contribution is -2.47. The molecule has 2 nitrogen and oxygen atoms in total. The van der Waals surface area contributed by atoms with Gasteiger partial charge in [0.05, 0.1) is 11.4 Å². The number of piperazine rings is 1. The van der Waals surface area contributed by atoms with Crippen molar-refractivity contribution in [3.63, 3.8) is 0 Å². The summed E-state index contributed by atoms with van der Waals surface area (Å²) < 4.78 is 52.1. The molecule has 0 spiro atoms. The van der Waals surface area contributed by atoms with Gasteiger partial charge in [0.25, 0.3) is 0 Å².